The summed E-state index contributed by atoms with van der Waals surface area (Å²) in [5.41, 5.74) is 0. The zero-order valence-electron chi connectivity index (χ0n) is 22.2. The molecule has 0 aromatic carbocycles. The fraction of sp³-hybridized carbons (Fsp3) is 0. The maximum absolute atomic E-state index is 8.66. The standard InChI is InChI=1S/10Ca.7H3O4P.H2O/c;;;;;;;;;;7*1-5(2,3)4;/h;;;;;;;;;;7*(H3,1,2,3,4);1H2/q10*+2;;;;;;;;/p-20. The molecule has 0 radical (unpaired) electrons. The van der Waals surface area contributed by atoms with Crippen molar-refractivity contribution in [1.29, 1.82) is 0 Å². The molecule has 0 unspecified atom stereocenters. The van der Waals surface area contributed by atoms with Gasteiger partial charge in [-0.3, -0.25) is 0 Å². The summed E-state index contributed by atoms with van der Waals surface area (Å²) in [6.45, 7) is 0. The molecule has 0 aromatic rings. The molecule has 0 atom stereocenters. The Bertz CT molecular complexity index is 580. The van der Waals surface area contributed by atoms with Crippen molar-refractivity contribution in [2.75, 3.05) is 0 Å². The minimum atomic E-state index is -5.39. The van der Waals surface area contributed by atoms with Gasteiger partial charge in [0.1, 0.15) is 0 Å². The number of rotatable bonds is 0. The normalized spacial score (nSPS) is 8.98. The molecule has 0 fully saturated rings. The summed E-state index contributed by atoms with van der Waals surface area (Å²) in [5, 5.41) is 0. The van der Waals surface area contributed by atoms with E-state index in [1.165, 1.54) is 0 Å². The van der Waals surface area contributed by atoms with Gasteiger partial charge in [0.25, 0.3) is 0 Å². The summed E-state index contributed by atoms with van der Waals surface area (Å²) in [7, 11) is -37.5. The number of hydrogen-bond acceptors (Lipinski definition) is 27. The summed E-state index contributed by atoms with van der Waals surface area (Å²) in [6.07, 6.45) is 0. The second kappa shape index (κ2) is 62.6. The Hall–Kier alpha value is 13.3. The van der Waals surface area contributed by atoms with Gasteiger partial charge >= 0.3 is 377 Å². The smallest absolute Gasteiger partial charge is 0.822 e. The Kier molecular flexibility index (Phi) is 161. The molecule has 0 aliphatic carbocycles. The van der Waals surface area contributed by atoms with Crippen LogP contribution in [-0.2, 0) is 32.0 Å². The quantitative estimate of drug-likeness (QED) is 0.174. The van der Waals surface area contributed by atoms with Gasteiger partial charge in [0.2, 0.25) is 0 Å². The molecule has 0 aromatic heterocycles. The first-order valence-corrected chi connectivity index (χ1v) is 15.4. The molecule has 0 saturated heterocycles. The Morgan fingerprint density at radius 3 is 0.239 bits per heavy atom. The van der Waals surface area contributed by atoms with Crippen LogP contribution in [0.3, 0.4) is 0 Å². The largest absolute Gasteiger partial charge is 2.00 e. The Morgan fingerprint density at radius 2 is 0.239 bits per heavy atom. The molecule has 0 saturated carbocycles. The van der Waals surface area contributed by atoms with Crippen LogP contribution in [0.25, 0.3) is 0 Å². The van der Waals surface area contributed by atoms with Crippen molar-refractivity contribution < 1.29 is 140 Å². The van der Waals surface area contributed by atoms with Gasteiger partial charge in [0.05, 0.1) is 7.82 Å². The fourth-order valence-electron chi connectivity index (χ4n) is 0. The molecule has 0 aliphatic heterocycles. The topological polar surface area (TPSA) is 632 Å². The molecular weight excluding hydrogens is 1080 g/mol. The molecule has 3 N–H and O–H groups in total. The minimum absolute atomic E-state index is 0. The number of hydrogen-bond donors (Lipinski definition) is 1. The summed E-state index contributed by atoms with van der Waals surface area (Å²) in [6, 6.07) is 0. The van der Waals surface area contributed by atoms with Crippen LogP contribution in [-0.4, -0.2) is 388 Å². The summed E-state index contributed by atoms with van der Waals surface area (Å²) < 4.78 is 60.0. The zero-order valence-corrected chi connectivity index (χ0v) is 50.5. The molecule has 0 rings (SSSR count). The van der Waals surface area contributed by atoms with E-state index < -0.39 is 54.8 Å². The van der Waals surface area contributed by atoms with Crippen LogP contribution in [0.1, 0.15) is 0 Å². The monoisotopic (exact) mass is 1080 g/mol. The minimum Gasteiger partial charge on any atom is -0.822 e. The molecule has 0 aliphatic rings. The van der Waals surface area contributed by atoms with E-state index in [4.69, 9.17) is 135 Å². The molecule has 232 valence electrons. The van der Waals surface area contributed by atoms with Crippen molar-refractivity contribution in [2.24, 2.45) is 0 Å². The first kappa shape index (κ1) is 118. The predicted octanol–water partition coefficient (Wildman–Crippen LogP) is -23.8. The third-order valence-corrected chi connectivity index (χ3v) is 0. The summed E-state index contributed by atoms with van der Waals surface area (Å²) in [4.78, 5) is 178. The maximum Gasteiger partial charge on any atom is 2.00 e. The van der Waals surface area contributed by atoms with Crippen molar-refractivity contribution in [3.63, 3.8) is 0 Å². The molecule has 0 heterocycles. The zero-order chi connectivity index (χ0) is 31.5. The molecule has 0 spiro atoms. The van der Waals surface area contributed by atoms with Gasteiger partial charge in [0.15, 0.2) is 0 Å². The Labute approximate surface area is 557 Å². The van der Waals surface area contributed by atoms with Crippen molar-refractivity contribution >= 4 is 432 Å². The van der Waals surface area contributed by atoms with Crippen LogP contribution in [0.2, 0.25) is 0 Å². The average Bonchev–Trinajstić information content (AvgIpc) is 2.06. The van der Waals surface area contributed by atoms with Crippen molar-refractivity contribution in [2.45, 2.75) is 0 Å². The third kappa shape index (κ3) is 1020. The van der Waals surface area contributed by atoms with Gasteiger partial charge in [-0.2, -0.15) is 46.9 Å². The van der Waals surface area contributed by atoms with Gasteiger partial charge in [-0.15, -0.1) is 0 Å². The second-order valence-electron chi connectivity index (χ2n) is 3.15. The first-order chi connectivity index (χ1) is 14.0. The summed E-state index contributed by atoms with van der Waals surface area (Å²) in [5.74, 6) is 0. The maximum atomic E-state index is 8.66. The van der Waals surface area contributed by atoms with E-state index in [2.05, 4.69) is 0 Å². The van der Waals surface area contributed by atoms with E-state index in [1.807, 2.05) is 0 Å². The van der Waals surface area contributed by atoms with Crippen LogP contribution in [0, 0.1) is 0 Å². The van der Waals surface area contributed by atoms with Crippen molar-refractivity contribution in [3.05, 3.63) is 0 Å². The molecule has 0 amide bonds. The molecule has 0 bridgehead atoms. The number of phosphoric acid groups is 7. The van der Waals surface area contributed by atoms with Crippen molar-refractivity contribution in [3.8, 4) is 0 Å². The van der Waals surface area contributed by atoms with Gasteiger partial charge in [-0.25, -0.2) is 0 Å². The average molecular weight is 1080 g/mol. The van der Waals surface area contributed by atoms with Crippen LogP contribution >= 0.6 is 54.8 Å². The van der Waals surface area contributed by atoms with Gasteiger partial charge < -0.3 is 140 Å². The van der Waals surface area contributed by atoms with E-state index in [1.54, 1.807) is 0 Å². The summed E-state index contributed by atoms with van der Waals surface area (Å²) >= 11 is 0. The second-order valence-corrected chi connectivity index (χ2v) is 9.46. The van der Waals surface area contributed by atoms with E-state index in [9.17, 15) is 0 Å². The molecular formula is H3Ca10O29P7. The van der Waals surface area contributed by atoms with Crippen LogP contribution in [0.15, 0.2) is 0 Å². The molecule has 46 heteroatoms. The Balaban J connectivity index is -0.0000000120. The fourth-order valence-corrected chi connectivity index (χ4v) is 0. The SMILES string of the molecule is O.O=P([O-])([O-])O.O=P([O-])([O-])[O-].O=P([O-])([O-])[O-].O=P([O-])([O-])[O-].O=P([O-])([O-])[O-].O=P([O-])([O-])[O-].O=P([O-])([O-])[O-].[Ca+2].[Ca+2].[Ca+2].[Ca+2].[Ca+2].[Ca+2].[Ca+2].[Ca+2].[Ca+2].[Ca+2]. The van der Waals surface area contributed by atoms with E-state index in [-0.39, 0.29) is 383 Å². The van der Waals surface area contributed by atoms with Crippen LogP contribution < -0.4 is 97.9 Å². The third-order valence-electron chi connectivity index (χ3n) is 0. The first-order valence-electron chi connectivity index (χ1n) is 5.13. The van der Waals surface area contributed by atoms with E-state index >= 15 is 0 Å². The van der Waals surface area contributed by atoms with Crippen molar-refractivity contribution in [1.82, 2.24) is 0 Å². The van der Waals surface area contributed by atoms with Crippen LogP contribution in [0.5, 0.6) is 0 Å². The van der Waals surface area contributed by atoms with Crippen LogP contribution in [0.4, 0.5) is 0 Å². The van der Waals surface area contributed by atoms with Gasteiger partial charge in [-0.05, 0) is 0 Å². The van der Waals surface area contributed by atoms with Gasteiger partial charge in [-0.1, -0.05) is 0 Å². The Morgan fingerprint density at radius 1 is 0.239 bits per heavy atom. The van der Waals surface area contributed by atoms with E-state index in [0.29, 0.717) is 0 Å². The van der Waals surface area contributed by atoms with E-state index in [0.717, 1.165) is 0 Å². The molecule has 46 heavy (non-hydrogen) atoms. The molecule has 29 nitrogen and oxygen atoms in total. The van der Waals surface area contributed by atoms with Gasteiger partial charge in [0, 0.05) is 0 Å². The predicted molar refractivity (Wildman–Crippen MR) is 117 cm³/mol.